The number of amides is 1. The van der Waals surface area contributed by atoms with Crippen LogP contribution in [0.4, 0.5) is 0 Å². The van der Waals surface area contributed by atoms with E-state index in [1.807, 2.05) is 47.0 Å². The Morgan fingerprint density at radius 1 is 1.10 bits per heavy atom. The molecule has 1 aromatic heterocycles. The molecular formula is C25H30N2O4. The molecule has 6 heteroatoms. The number of fused-ring (bicyclic) bond motifs is 1. The standard InChI is InChI=1S/C25H30N2O4/c1-29-16-13-27-22-6-4-3-5-19(22)17-23(27)24(28)26-18-25(11-14-31-15-12-25)20-7-9-21(30-2)10-8-20/h3-10,17H,11-16,18H2,1-2H3,(H,26,28). The molecule has 0 atom stereocenters. The highest BCUT2D eigenvalue weighted by Crippen LogP contribution is 2.35. The second-order valence-electron chi connectivity index (χ2n) is 8.04. The van der Waals surface area contributed by atoms with Gasteiger partial charge in [-0.15, -0.1) is 0 Å². The maximum Gasteiger partial charge on any atom is 0.267 e. The third-order valence-electron chi connectivity index (χ3n) is 6.30. The minimum atomic E-state index is -0.149. The second kappa shape index (κ2) is 9.54. The molecule has 4 rings (SSSR count). The van der Waals surface area contributed by atoms with E-state index < -0.39 is 0 Å². The van der Waals surface area contributed by atoms with Crippen molar-refractivity contribution < 1.29 is 19.0 Å². The molecule has 0 unspecified atom stereocenters. The maximum absolute atomic E-state index is 13.3. The molecule has 1 fully saturated rings. The number of nitrogens with one attached hydrogen (secondary N) is 1. The Bertz CT molecular complexity index is 1020. The first-order valence-corrected chi connectivity index (χ1v) is 10.7. The lowest BCUT2D eigenvalue weighted by atomic mass is 9.74. The van der Waals surface area contributed by atoms with Crippen LogP contribution in [0.5, 0.6) is 5.75 Å². The van der Waals surface area contributed by atoms with E-state index in [0.717, 1.165) is 29.5 Å². The number of para-hydroxylation sites is 1. The summed E-state index contributed by atoms with van der Waals surface area (Å²) in [4.78, 5) is 13.3. The average molecular weight is 423 g/mol. The number of rotatable bonds is 8. The van der Waals surface area contributed by atoms with Crippen molar-refractivity contribution in [1.82, 2.24) is 9.88 Å². The van der Waals surface area contributed by atoms with Crippen molar-refractivity contribution in [3.63, 3.8) is 0 Å². The Morgan fingerprint density at radius 2 is 1.84 bits per heavy atom. The molecule has 1 saturated heterocycles. The molecule has 3 aromatic rings. The predicted molar refractivity (Wildman–Crippen MR) is 121 cm³/mol. The fourth-order valence-electron chi connectivity index (χ4n) is 4.44. The fraction of sp³-hybridized carbons (Fsp3) is 0.400. The molecular weight excluding hydrogens is 392 g/mol. The topological polar surface area (TPSA) is 61.7 Å². The van der Waals surface area contributed by atoms with Crippen LogP contribution in [0.2, 0.25) is 0 Å². The van der Waals surface area contributed by atoms with Crippen LogP contribution < -0.4 is 10.1 Å². The first-order chi connectivity index (χ1) is 15.2. The lowest BCUT2D eigenvalue weighted by molar-refractivity contribution is 0.0486. The molecule has 2 aromatic carbocycles. The van der Waals surface area contributed by atoms with Crippen molar-refractivity contribution in [2.75, 3.05) is 40.6 Å². The summed E-state index contributed by atoms with van der Waals surface area (Å²) in [6.45, 7) is 3.12. The quantitative estimate of drug-likeness (QED) is 0.600. The number of methoxy groups -OCH3 is 2. The predicted octanol–water partition coefficient (Wildman–Crippen LogP) is 3.77. The molecule has 6 nitrogen and oxygen atoms in total. The van der Waals surface area contributed by atoms with Crippen molar-refractivity contribution in [3.8, 4) is 5.75 Å². The van der Waals surface area contributed by atoms with Gasteiger partial charge in [-0.25, -0.2) is 0 Å². The van der Waals surface area contributed by atoms with E-state index in [4.69, 9.17) is 14.2 Å². The van der Waals surface area contributed by atoms with E-state index in [0.29, 0.717) is 38.6 Å². The Kier molecular flexibility index (Phi) is 6.59. The van der Waals surface area contributed by atoms with Crippen LogP contribution in [0.15, 0.2) is 54.6 Å². The van der Waals surface area contributed by atoms with E-state index in [1.165, 1.54) is 5.56 Å². The van der Waals surface area contributed by atoms with Gasteiger partial charge in [-0.1, -0.05) is 30.3 Å². The third-order valence-corrected chi connectivity index (χ3v) is 6.30. The SMILES string of the molecule is COCCn1c(C(=O)NCC2(c3ccc(OC)cc3)CCOCC2)cc2ccccc21. The molecule has 1 amide bonds. The van der Waals surface area contributed by atoms with Gasteiger partial charge in [0.15, 0.2) is 0 Å². The Morgan fingerprint density at radius 3 is 2.55 bits per heavy atom. The van der Waals surface area contributed by atoms with E-state index in [1.54, 1.807) is 14.2 Å². The van der Waals surface area contributed by atoms with Gasteiger partial charge in [0, 0.05) is 49.7 Å². The van der Waals surface area contributed by atoms with E-state index in [2.05, 4.69) is 17.4 Å². The summed E-state index contributed by atoms with van der Waals surface area (Å²) >= 11 is 0. The second-order valence-corrected chi connectivity index (χ2v) is 8.04. The van der Waals surface area contributed by atoms with Crippen molar-refractivity contribution in [1.29, 1.82) is 0 Å². The smallest absolute Gasteiger partial charge is 0.267 e. The van der Waals surface area contributed by atoms with E-state index >= 15 is 0 Å². The van der Waals surface area contributed by atoms with Crippen molar-refractivity contribution in [2.24, 2.45) is 0 Å². The molecule has 1 N–H and O–H groups in total. The van der Waals surface area contributed by atoms with Crippen molar-refractivity contribution in [2.45, 2.75) is 24.8 Å². The van der Waals surface area contributed by atoms with Crippen LogP contribution in [0.1, 0.15) is 28.9 Å². The molecule has 1 aliphatic rings. The van der Waals surface area contributed by atoms with Crippen LogP contribution in [0, 0.1) is 0 Å². The summed E-state index contributed by atoms with van der Waals surface area (Å²) in [7, 11) is 3.34. The van der Waals surface area contributed by atoms with Gasteiger partial charge in [0.05, 0.1) is 13.7 Å². The molecule has 0 saturated carbocycles. The third kappa shape index (κ3) is 4.45. The van der Waals surface area contributed by atoms with Gasteiger partial charge in [-0.3, -0.25) is 4.79 Å². The normalized spacial score (nSPS) is 15.7. The summed E-state index contributed by atoms with van der Waals surface area (Å²) in [6, 6.07) is 18.2. The zero-order valence-electron chi connectivity index (χ0n) is 18.2. The fourth-order valence-corrected chi connectivity index (χ4v) is 4.44. The van der Waals surface area contributed by atoms with Gasteiger partial charge in [-0.2, -0.15) is 0 Å². The van der Waals surface area contributed by atoms with Gasteiger partial charge >= 0.3 is 0 Å². The minimum Gasteiger partial charge on any atom is -0.497 e. The summed E-state index contributed by atoms with van der Waals surface area (Å²) in [6.07, 6.45) is 1.73. The molecule has 1 aliphatic heterocycles. The Hall–Kier alpha value is -2.83. The zero-order valence-corrected chi connectivity index (χ0v) is 18.2. The first-order valence-electron chi connectivity index (χ1n) is 10.7. The molecule has 31 heavy (non-hydrogen) atoms. The monoisotopic (exact) mass is 422 g/mol. The highest BCUT2D eigenvalue weighted by molar-refractivity contribution is 5.98. The average Bonchev–Trinajstić information content (AvgIpc) is 3.20. The molecule has 2 heterocycles. The Labute approximate surface area is 183 Å². The number of carbonyl (C=O) groups is 1. The lowest BCUT2D eigenvalue weighted by Gasteiger charge is -2.38. The van der Waals surface area contributed by atoms with Crippen molar-refractivity contribution in [3.05, 3.63) is 65.9 Å². The van der Waals surface area contributed by atoms with E-state index in [-0.39, 0.29) is 11.3 Å². The maximum atomic E-state index is 13.3. The van der Waals surface area contributed by atoms with Crippen LogP contribution in [-0.2, 0) is 21.4 Å². The zero-order chi connectivity index (χ0) is 21.7. The molecule has 164 valence electrons. The molecule has 0 radical (unpaired) electrons. The number of benzene rings is 2. The van der Waals surface area contributed by atoms with Crippen LogP contribution in [0.3, 0.4) is 0 Å². The molecule has 0 bridgehead atoms. The van der Waals surface area contributed by atoms with Gasteiger partial charge < -0.3 is 24.1 Å². The van der Waals surface area contributed by atoms with Crippen LogP contribution in [-0.4, -0.2) is 51.1 Å². The van der Waals surface area contributed by atoms with Gasteiger partial charge in [-0.05, 0) is 42.7 Å². The lowest BCUT2D eigenvalue weighted by Crippen LogP contribution is -2.45. The number of hydrogen-bond acceptors (Lipinski definition) is 4. The number of ether oxygens (including phenoxy) is 3. The highest BCUT2D eigenvalue weighted by Gasteiger charge is 2.35. The van der Waals surface area contributed by atoms with Crippen LogP contribution >= 0.6 is 0 Å². The molecule has 0 spiro atoms. The number of aromatic nitrogens is 1. The summed E-state index contributed by atoms with van der Waals surface area (Å²) in [5, 5.41) is 4.28. The van der Waals surface area contributed by atoms with Gasteiger partial charge in [0.1, 0.15) is 11.4 Å². The minimum absolute atomic E-state index is 0.0633. The highest BCUT2D eigenvalue weighted by atomic mass is 16.5. The molecule has 0 aliphatic carbocycles. The van der Waals surface area contributed by atoms with Gasteiger partial charge in [0.25, 0.3) is 5.91 Å². The summed E-state index contributed by atoms with van der Waals surface area (Å²) < 4.78 is 18.3. The summed E-state index contributed by atoms with van der Waals surface area (Å²) in [5.74, 6) is 0.768. The van der Waals surface area contributed by atoms with E-state index in [9.17, 15) is 4.79 Å². The van der Waals surface area contributed by atoms with Gasteiger partial charge in [0.2, 0.25) is 0 Å². The largest absolute Gasteiger partial charge is 0.497 e. The summed E-state index contributed by atoms with van der Waals surface area (Å²) in [5.41, 5.74) is 2.76. The number of carbonyl (C=O) groups excluding carboxylic acids is 1. The van der Waals surface area contributed by atoms with Crippen LogP contribution in [0.25, 0.3) is 10.9 Å². The number of hydrogen-bond donors (Lipinski definition) is 1. The van der Waals surface area contributed by atoms with Crippen molar-refractivity contribution >= 4 is 16.8 Å². The Balaban J connectivity index is 1.58. The first kappa shape index (κ1) is 21.4. The number of nitrogens with zero attached hydrogens (tertiary/aromatic N) is 1.